The number of nitrogens with zero attached hydrogens (tertiary/aromatic N) is 2. The molecule has 5 heteroatoms. The molecule has 1 aliphatic heterocycles. The number of halogens is 1. The quantitative estimate of drug-likeness (QED) is 0.866. The molecule has 4 nitrogen and oxygen atoms in total. The average molecular weight is 273 g/mol. The molecule has 3 N–H and O–H groups in total. The molecule has 1 saturated heterocycles. The molecule has 1 aromatic heterocycles. The predicted molar refractivity (Wildman–Crippen MR) is 77.0 cm³/mol. The van der Waals surface area contributed by atoms with E-state index < -0.39 is 0 Å². The molecule has 1 unspecified atom stereocenters. The molecule has 1 aliphatic rings. The van der Waals surface area contributed by atoms with Gasteiger partial charge in [0.2, 0.25) is 0 Å². The first kappa shape index (κ1) is 15.5. The van der Waals surface area contributed by atoms with Gasteiger partial charge in [-0.3, -0.25) is 10.00 Å². The van der Waals surface area contributed by atoms with Crippen LogP contribution in [-0.4, -0.2) is 34.2 Å². The van der Waals surface area contributed by atoms with Crippen LogP contribution < -0.4 is 5.73 Å². The van der Waals surface area contributed by atoms with Crippen LogP contribution in [0.4, 0.5) is 0 Å². The molecule has 0 aliphatic carbocycles. The molecule has 1 fully saturated rings. The Morgan fingerprint density at radius 1 is 1.44 bits per heavy atom. The van der Waals surface area contributed by atoms with Gasteiger partial charge in [0.15, 0.2) is 0 Å². The van der Waals surface area contributed by atoms with Gasteiger partial charge in [-0.2, -0.15) is 5.10 Å². The number of rotatable bonds is 2. The summed E-state index contributed by atoms with van der Waals surface area (Å²) in [6.07, 6.45) is 1.09. The third kappa shape index (κ3) is 3.05. The number of likely N-dealkylation sites (tertiary alicyclic amines) is 1. The van der Waals surface area contributed by atoms with Gasteiger partial charge in [0.1, 0.15) is 0 Å². The van der Waals surface area contributed by atoms with Crippen molar-refractivity contribution < 1.29 is 0 Å². The number of nitrogens with one attached hydrogen (secondary N) is 1. The number of aromatic amines is 1. The Balaban J connectivity index is 0.00000162. The van der Waals surface area contributed by atoms with Gasteiger partial charge >= 0.3 is 0 Å². The summed E-state index contributed by atoms with van der Waals surface area (Å²) in [4.78, 5) is 2.49. The summed E-state index contributed by atoms with van der Waals surface area (Å²) >= 11 is 0. The van der Waals surface area contributed by atoms with E-state index in [2.05, 4.69) is 42.8 Å². The number of aryl methyl sites for hydroxylation is 2. The summed E-state index contributed by atoms with van der Waals surface area (Å²) in [5, 5.41) is 7.31. The van der Waals surface area contributed by atoms with E-state index in [1.807, 2.05) is 0 Å². The van der Waals surface area contributed by atoms with Crippen molar-refractivity contribution in [3.63, 3.8) is 0 Å². The van der Waals surface area contributed by atoms with Crippen molar-refractivity contribution in [1.29, 1.82) is 0 Å². The largest absolute Gasteiger partial charge is 0.327 e. The lowest BCUT2D eigenvalue weighted by atomic mass is 9.79. The molecule has 1 atom stereocenters. The topological polar surface area (TPSA) is 57.9 Å². The van der Waals surface area contributed by atoms with Gasteiger partial charge in [0.25, 0.3) is 0 Å². The second kappa shape index (κ2) is 5.59. The minimum absolute atomic E-state index is 0. The van der Waals surface area contributed by atoms with Crippen LogP contribution in [0.2, 0.25) is 0 Å². The van der Waals surface area contributed by atoms with Gasteiger partial charge in [-0.1, -0.05) is 13.8 Å². The molecule has 2 rings (SSSR count). The van der Waals surface area contributed by atoms with Crippen molar-refractivity contribution in [2.24, 2.45) is 11.1 Å². The number of aromatic nitrogens is 2. The van der Waals surface area contributed by atoms with Crippen LogP contribution >= 0.6 is 12.4 Å². The molecule has 0 bridgehead atoms. The highest BCUT2D eigenvalue weighted by Gasteiger charge is 2.33. The van der Waals surface area contributed by atoms with Crippen molar-refractivity contribution >= 4 is 12.4 Å². The third-order valence-electron chi connectivity index (χ3n) is 4.05. The zero-order valence-electron chi connectivity index (χ0n) is 11.8. The maximum atomic E-state index is 6.16. The number of piperidine rings is 1. The average Bonchev–Trinajstić information content (AvgIpc) is 2.55. The highest BCUT2D eigenvalue weighted by molar-refractivity contribution is 5.85. The molecular formula is C13H25ClN4. The standard InChI is InChI=1S/C13H24N4.ClH/c1-9-11(10(2)16-15-9)7-17-6-5-12(14)13(3,4)8-17;/h12H,5-8,14H2,1-4H3,(H,15,16);1H. The number of hydrogen-bond donors (Lipinski definition) is 2. The zero-order valence-corrected chi connectivity index (χ0v) is 12.6. The Labute approximate surface area is 116 Å². The van der Waals surface area contributed by atoms with E-state index in [-0.39, 0.29) is 17.8 Å². The van der Waals surface area contributed by atoms with Gasteiger partial charge in [-0.25, -0.2) is 0 Å². The van der Waals surface area contributed by atoms with Crippen LogP contribution in [0, 0.1) is 19.3 Å². The maximum absolute atomic E-state index is 6.16. The first-order valence-corrected chi connectivity index (χ1v) is 6.38. The monoisotopic (exact) mass is 272 g/mol. The number of H-pyrrole nitrogens is 1. The summed E-state index contributed by atoms with van der Waals surface area (Å²) in [6, 6.07) is 0.324. The second-order valence-electron chi connectivity index (χ2n) is 6.01. The van der Waals surface area contributed by atoms with Crippen molar-refractivity contribution in [3.05, 3.63) is 17.0 Å². The van der Waals surface area contributed by atoms with Crippen LogP contribution in [0.5, 0.6) is 0 Å². The molecule has 0 spiro atoms. The summed E-state index contributed by atoms with van der Waals surface area (Å²) in [5.74, 6) is 0. The van der Waals surface area contributed by atoms with Crippen LogP contribution in [0.25, 0.3) is 0 Å². The molecule has 1 aromatic rings. The Bertz CT molecular complexity index is 380. The minimum Gasteiger partial charge on any atom is -0.327 e. The Morgan fingerprint density at radius 3 is 2.61 bits per heavy atom. The minimum atomic E-state index is 0. The Hall–Kier alpha value is -0.580. The molecule has 0 amide bonds. The van der Waals surface area contributed by atoms with Gasteiger partial charge in [0.05, 0.1) is 5.69 Å². The van der Waals surface area contributed by atoms with E-state index in [0.29, 0.717) is 6.04 Å². The summed E-state index contributed by atoms with van der Waals surface area (Å²) < 4.78 is 0. The molecule has 18 heavy (non-hydrogen) atoms. The lowest BCUT2D eigenvalue weighted by molar-refractivity contribution is 0.0896. The van der Waals surface area contributed by atoms with E-state index in [4.69, 9.17) is 5.73 Å². The molecule has 0 aromatic carbocycles. The highest BCUT2D eigenvalue weighted by Crippen LogP contribution is 2.29. The fraction of sp³-hybridized carbons (Fsp3) is 0.769. The molecule has 2 heterocycles. The summed E-state index contributed by atoms with van der Waals surface area (Å²) in [5.41, 5.74) is 10.0. The van der Waals surface area contributed by atoms with Gasteiger partial charge in [-0.15, -0.1) is 12.4 Å². The Kier molecular flexibility index (Phi) is 4.81. The van der Waals surface area contributed by atoms with E-state index in [9.17, 15) is 0 Å². The van der Waals surface area contributed by atoms with Gasteiger partial charge in [-0.05, 0) is 25.7 Å². The van der Waals surface area contributed by atoms with Crippen LogP contribution in [-0.2, 0) is 6.54 Å². The maximum Gasteiger partial charge on any atom is 0.0639 e. The zero-order chi connectivity index (χ0) is 12.6. The van der Waals surface area contributed by atoms with Crippen LogP contribution in [0.1, 0.15) is 37.2 Å². The lowest BCUT2D eigenvalue weighted by Crippen LogP contribution is -2.52. The van der Waals surface area contributed by atoms with Gasteiger partial charge < -0.3 is 5.73 Å². The lowest BCUT2D eigenvalue weighted by Gasteiger charge is -2.42. The van der Waals surface area contributed by atoms with E-state index in [1.54, 1.807) is 0 Å². The van der Waals surface area contributed by atoms with E-state index in [1.165, 1.54) is 11.3 Å². The van der Waals surface area contributed by atoms with Crippen LogP contribution in [0.3, 0.4) is 0 Å². The SMILES string of the molecule is Cc1n[nH]c(C)c1CN1CCC(N)C(C)(C)C1.Cl. The molecule has 0 saturated carbocycles. The van der Waals surface area contributed by atoms with E-state index >= 15 is 0 Å². The van der Waals surface area contributed by atoms with Crippen molar-refractivity contribution in [2.75, 3.05) is 13.1 Å². The predicted octanol–water partition coefficient (Wildman–Crippen LogP) is 2.01. The molecular weight excluding hydrogens is 248 g/mol. The Morgan fingerprint density at radius 2 is 2.11 bits per heavy atom. The smallest absolute Gasteiger partial charge is 0.0639 e. The van der Waals surface area contributed by atoms with Crippen LogP contribution in [0.15, 0.2) is 0 Å². The van der Waals surface area contributed by atoms with Crippen molar-refractivity contribution in [1.82, 2.24) is 15.1 Å². The highest BCUT2D eigenvalue weighted by atomic mass is 35.5. The second-order valence-corrected chi connectivity index (χ2v) is 6.01. The first-order chi connectivity index (χ1) is 7.90. The normalized spacial score (nSPS) is 23.7. The number of nitrogens with two attached hydrogens (primary N) is 1. The van der Waals surface area contributed by atoms with Gasteiger partial charge in [0, 0.05) is 36.9 Å². The fourth-order valence-electron chi connectivity index (χ4n) is 2.65. The summed E-state index contributed by atoms with van der Waals surface area (Å²) in [7, 11) is 0. The van der Waals surface area contributed by atoms with Crippen molar-refractivity contribution in [3.8, 4) is 0 Å². The fourth-order valence-corrected chi connectivity index (χ4v) is 2.65. The number of hydrogen-bond acceptors (Lipinski definition) is 3. The molecule has 104 valence electrons. The van der Waals surface area contributed by atoms with Crippen molar-refractivity contribution in [2.45, 2.75) is 46.7 Å². The van der Waals surface area contributed by atoms with E-state index in [0.717, 1.165) is 31.7 Å². The first-order valence-electron chi connectivity index (χ1n) is 6.38. The summed E-state index contributed by atoms with van der Waals surface area (Å²) in [6.45, 7) is 11.8. The third-order valence-corrected chi connectivity index (χ3v) is 4.05. The molecule has 0 radical (unpaired) electrons.